The van der Waals surface area contributed by atoms with Gasteiger partial charge in [-0.05, 0) is 37.1 Å². The first-order chi connectivity index (χ1) is 12.1. The Balaban J connectivity index is 1.68. The fraction of sp³-hybridized carbons (Fsp3) is 0.250. The van der Waals surface area contributed by atoms with E-state index in [0.29, 0.717) is 30.0 Å². The van der Waals surface area contributed by atoms with Gasteiger partial charge < -0.3 is 19.8 Å². The van der Waals surface area contributed by atoms with E-state index >= 15 is 0 Å². The van der Waals surface area contributed by atoms with Crippen molar-refractivity contribution >= 4 is 22.5 Å². The van der Waals surface area contributed by atoms with Crippen molar-refractivity contribution in [3.05, 3.63) is 53.7 Å². The smallest absolute Gasteiger partial charge is 0.224 e. The van der Waals surface area contributed by atoms with E-state index in [2.05, 4.69) is 22.4 Å². The average molecular weight is 338 g/mol. The van der Waals surface area contributed by atoms with Crippen molar-refractivity contribution in [1.82, 2.24) is 4.98 Å². The zero-order chi connectivity index (χ0) is 17.8. The molecular formula is C20H22N2O3. The van der Waals surface area contributed by atoms with Crippen molar-refractivity contribution in [3.8, 4) is 11.5 Å². The summed E-state index contributed by atoms with van der Waals surface area (Å²) in [5.41, 5.74) is 4.10. The maximum Gasteiger partial charge on any atom is 0.224 e. The number of ether oxygens (including phenoxy) is 2. The van der Waals surface area contributed by atoms with Crippen molar-refractivity contribution < 1.29 is 14.3 Å². The third-order valence-corrected chi connectivity index (χ3v) is 4.30. The highest BCUT2D eigenvalue weighted by molar-refractivity contribution is 5.92. The van der Waals surface area contributed by atoms with Gasteiger partial charge in [-0.15, -0.1) is 0 Å². The van der Waals surface area contributed by atoms with Gasteiger partial charge >= 0.3 is 0 Å². The van der Waals surface area contributed by atoms with Crippen LogP contribution in [0.3, 0.4) is 0 Å². The third-order valence-electron chi connectivity index (χ3n) is 4.30. The van der Waals surface area contributed by atoms with Crippen LogP contribution in [0.15, 0.2) is 42.5 Å². The van der Waals surface area contributed by atoms with Crippen LogP contribution in [0.4, 0.5) is 5.69 Å². The molecule has 1 aromatic heterocycles. The van der Waals surface area contributed by atoms with Crippen LogP contribution >= 0.6 is 0 Å². The minimum absolute atomic E-state index is 0.0306. The number of hydrogen-bond acceptors (Lipinski definition) is 3. The Bertz CT molecular complexity index is 899. The first-order valence-corrected chi connectivity index (χ1v) is 8.20. The maximum atomic E-state index is 12.3. The van der Waals surface area contributed by atoms with Crippen LogP contribution in [0.25, 0.3) is 10.9 Å². The zero-order valence-corrected chi connectivity index (χ0v) is 14.7. The standard InChI is InChI=1S/C20H22N2O3/c1-13-15(16-6-4-5-7-17(16)21-13)9-11-20(23)22-14-8-10-18(24-2)19(12-14)25-3/h4-8,10,12,21H,9,11H2,1-3H3,(H,22,23). The molecule has 2 N–H and O–H groups in total. The van der Waals surface area contributed by atoms with E-state index in [1.165, 1.54) is 10.9 Å². The van der Waals surface area contributed by atoms with Crippen LogP contribution in [0.1, 0.15) is 17.7 Å². The van der Waals surface area contributed by atoms with Gasteiger partial charge in [-0.1, -0.05) is 18.2 Å². The molecule has 0 atom stereocenters. The molecule has 0 spiro atoms. The number of anilines is 1. The molecule has 1 amide bonds. The van der Waals surface area contributed by atoms with Crippen molar-refractivity contribution in [3.63, 3.8) is 0 Å². The molecule has 0 aliphatic rings. The molecule has 1 heterocycles. The Hall–Kier alpha value is -2.95. The maximum absolute atomic E-state index is 12.3. The predicted molar refractivity (Wildman–Crippen MR) is 99.5 cm³/mol. The average Bonchev–Trinajstić information content (AvgIpc) is 2.95. The Morgan fingerprint density at radius 2 is 1.84 bits per heavy atom. The quantitative estimate of drug-likeness (QED) is 0.712. The van der Waals surface area contributed by atoms with E-state index in [9.17, 15) is 4.79 Å². The molecule has 3 aromatic rings. The molecule has 0 saturated heterocycles. The molecular weight excluding hydrogens is 316 g/mol. The Kier molecular flexibility index (Phi) is 4.93. The molecule has 2 aromatic carbocycles. The first kappa shape index (κ1) is 16.9. The number of para-hydroxylation sites is 1. The number of carbonyl (C=O) groups excluding carboxylic acids is 1. The Morgan fingerprint density at radius 1 is 1.08 bits per heavy atom. The van der Waals surface area contributed by atoms with Crippen molar-refractivity contribution in [2.75, 3.05) is 19.5 Å². The summed E-state index contributed by atoms with van der Waals surface area (Å²) in [4.78, 5) is 15.7. The van der Waals surface area contributed by atoms with E-state index in [4.69, 9.17) is 9.47 Å². The van der Waals surface area contributed by atoms with Gasteiger partial charge in [0.05, 0.1) is 14.2 Å². The number of aromatic amines is 1. The van der Waals surface area contributed by atoms with Gasteiger partial charge in [0.25, 0.3) is 0 Å². The molecule has 5 heteroatoms. The lowest BCUT2D eigenvalue weighted by Gasteiger charge is -2.10. The van der Waals surface area contributed by atoms with Gasteiger partial charge in [0.15, 0.2) is 11.5 Å². The number of nitrogens with one attached hydrogen (secondary N) is 2. The number of carbonyl (C=O) groups is 1. The summed E-state index contributed by atoms with van der Waals surface area (Å²) in [5.74, 6) is 1.19. The van der Waals surface area contributed by atoms with Crippen LogP contribution in [-0.2, 0) is 11.2 Å². The number of amides is 1. The molecule has 0 aliphatic carbocycles. The van der Waals surface area contributed by atoms with Gasteiger partial charge in [0, 0.05) is 34.8 Å². The second-order valence-electron chi connectivity index (χ2n) is 5.89. The van der Waals surface area contributed by atoms with Crippen LogP contribution < -0.4 is 14.8 Å². The Labute approximate surface area is 147 Å². The SMILES string of the molecule is COc1ccc(NC(=O)CCc2c(C)[nH]c3ccccc23)cc1OC. The highest BCUT2D eigenvalue weighted by Crippen LogP contribution is 2.30. The van der Waals surface area contributed by atoms with Crippen LogP contribution in [-0.4, -0.2) is 25.1 Å². The number of hydrogen-bond donors (Lipinski definition) is 2. The van der Waals surface area contributed by atoms with Gasteiger partial charge in [-0.3, -0.25) is 4.79 Å². The van der Waals surface area contributed by atoms with Crippen molar-refractivity contribution in [1.29, 1.82) is 0 Å². The molecule has 5 nitrogen and oxygen atoms in total. The molecule has 0 bridgehead atoms. The molecule has 130 valence electrons. The number of H-pyrrole nitrogens is 1. The predicted octanol–water partition coefficient (Wildman–Crippen LogP) is 4.06. The number of benzene rings is 2. The normalized spacial score (nSPS) is 10.7. The number of aryl methyl sites for hydroxylation is 2. The van der Waals surface area contributed by atoms with Gasteiger partial charge in [-0.2, -0.15) is 0 Å². The lowest BCUT2D eigenvalue weighted by molar-refractivity contribution is -0.116. The second-order valence-corrected chi connectivity index (χ2v) is 5.89. The third kappa shape index (κ3) is 3.60. The number of aromatic nitrogens is 1. The summed E-state index contributed by atoms with van der Waals surface area (Å²) in [6.45, 7) is 2.04. The minimum atomic E-state index is -0.0306. The molecule has 0 fully saturated rings. The minimum Gasteiger partial charge on any atom is -0.493 e. The fourth-order valence-corrected chi connectivity index (χ4v) is 3.03. The number of methoxy groups -OCH3 is 2. The molecule has 0 radical (unpaired) electrons. The molecule has 0 aliphatic heterocycles. The van der Waals surface area contributed by atoms with Gasteiger partial charge in [0.1, 0.15) is 0 Å². The lowest BCUT2D eigenvalue weighted by atomic mass is 10.1. The zero-order valence-electron chi connectivity index (χ0n) is 14.7. The van der Waals surface area contributed by atoms with E-state index in [0.717, 1.165) is 11.2 Å². The molecule has 25 heavy (non-hydrogen) atoms. The van der Waals surface area contributed by atoms with Gasteiger partial charge in [-0.25, -0.2) is 0 Å². The van der Waals surface area contributed by atoms with Crippen LogP contribution in [0, 0.1) is 6.92 Å². The van der Waals surface area contributed by atoms with Crippen LogP contribution in [0.2, 0.25) is 0 Å². The second kappa shape index (κ2) is 7.30. The van der Waals surface area contributed by atoms with Crippen LogP contribution in [0.5, 0.6) is 11.5 Å². The molecule has 0 saturated carbocycles. The van der Waals surface area contributed by atoms with E-state index in [-0.39, 0.29) is 5.91 Å². The summed E-state index contributed by atoms with van der Waals surface area (Å²) in [5, 5.41) is 4.09. The lowest BCUT2D eigenvalue weighted by Crippen LogP contribution is -2.12. The summed E-state index contributed by atoms with van der Waals surface area (Å²) >= 11 is 0. The highest BCUT2D eigenvalue weighted by atomic mass is 16.5. The molecule has 3 rings (SSSR count). The Morgan fingerprint density at radius 3 is 2.60 bits per heavy atom. The van der Waals surface area contributed by atoms with Crippen molar-refractivity contribution in [2.24, 2.45) is 0 Å². The highest BCUT2D eigenvalue weighted by Gasteiger charge is 2.11. The fourth-order valence-electron chi connectivity index (χ4n) is 3.03. The summed E-state index contributed by atoms with van der Waals surface area (Å²) < 4.78 is 10.5. The van der Waals surface area contributed by atoms with E-state index in [1.54, 1.807) is 32.4 Å². The topological polar surface area (TPSA) is 63.3 Å². The first-order valence-electron chi connectivity index (χ1n) is 8.20. The van der Waals surface area contributed by atoms with Crippen molar-refractivity contribution in [2.45, 2.75) is 19.8 Å². The van der Waals surface area contributed by atoms with E-state index < -0.39 is 0 Å². The molecule has 0 unspecified atom stereocenters. The number of fused-ring (bicyclic) bond motifs is 1. The summed E-state index contributed by atoms with van der Waals surface area (Å²) in [7, 11) is 3.16. The van der Waals surface area contributed by atoms with Gasteiger partial charge in [0.2, 0.25) is 5.91 Å². The largest absolute Gasteiger partial charge is 0.493 e. The summed E-state index contributed by atoms with van der Waals surface area (Å²) in [6, 6.07) is 13.5. The summed E-state index contributed by atoms with van der Waals surface area (Å²) in [6.07, 6.45) is 1.10. The monoisotopic (exact) mass is 338 g/mol. The number of rotatable bonds is 6. The van der Waals surface area contributed by atoms with E-state index in [1.807, 2.05) is 19.1 Å².